The van der Waals surface area contributed by atoms with Crippen molar-refractivity contribution in [3.8, 4) is 0 Å². The number of nitrogens with one attached hydrogen (secondary N) is 2. The van der Waals surface area contributed by atoms with E-state index in [1.807, 2.05) is 18.2 Å². The van der Waals surface area contributed by atoms with Gasteiger partial charge in [0.2, 0.25) is 0 Å². The molecule has 3 rings (SSSR count). The molecule has 0 aliphatic carbocycles. The van der Waals surface area contributed by atoms with E-state index < -0.39 is 0 Å². The van der Waals surface area contributed by atoms with E-state index in [2.05, 4.69) is 64.6 Å². The SMILES string of the molecule is Cc1cccc(C(C)C)c1Nc1cc(NCc2ccncc2)ncn1. The summed E-state index contributed by atoms with van der Waals surface area (Å²) in [5.41, 5.74) is 4.77. The normalized spacial score (nSPS) is 10.7. The second-order valence-corrected chi connectivity index (χ2v) is 6.32. The van der Waals surface area contributed by atoms with Crippen LogP contribution in [0.5, 0.6) is 0 Å². The van der Waals surface area contributed by atoms with Crippen LogP contribution in [0.25, 0.3) is 0 Å². The number of aryl methyl sites for hydroxylation is 1. The predicted molar refractivity (Wildman–Crippen MR) is 102 cm³/mol. The Bertz CT molecular complexity index is 830. The molecule has 5 nitrogen and oxygen atoms in total. The van der Waals surface area contributed by atoms with Crippen molar-refractivity contribution in [2.45, 2.75) is 33.2 Å². The lowest BCUT2D eigenvalue weighted by atomic mass is 9.98. The Hall–Kier alpha value is -2.95. The predicted octanol–water partition coefficient (Wildman–Crippen LogP) is 4.66. The Labute approximate surface area is 148 Å². The van der Waals surface area contributed by atoms with Gasteiger partial charge in [-0.2, -0.15) is 0 Å². The molecule has 0 aliphatic heterocycles. The van der Waals surface area contributed by atoms with E-state index in [1.165, 1.54) is 11.1 Å². The van der Waals surface area contributed by atoms with Gasteiger partial charge in [-0.25, -0.2) is 9.97 Å². The van der Waals surface area contributed by atoms with Gasteiger partial charge in [0.25, 0.3) is 0 Å². The van der Waals surface area contributed by atoms with Crippen LogP contribution < -0.4 is 10.6 Å². The highest BCUT2D eigenvalue weighted by Gasteiger charge is 2.10. The number of anilines is 3. The third-order valence-corrected chi connectivity index (χ3v) is 4.07. The number of hydrogen-bond acceptors (Lipinski definition) is 5. The standard InChI is InChI=1S/C20H23N5/c1-14(2)17-6-4-5-15(3)20(17)25-19-11-18(23-13-24-19)22-12-16-7-9-21-10-8-16/h4-11,13-14H,12H2,1-3H3,(H2,22,23,24,25). The molecule has 128 valence electrons. The molecule has 0 amide bonds. The lowest BCUT2D eigenvalue weighted by Crippen LogP contribution is -2.05. The maximum Gasteiger partial charge on any atom is 0.135 e. The number of benzene rings is 1. The van der Waals surface area contributed by atoms with Crippen LogP contribution in [0.3, 0.4) is 0 Å². The van der Waals surface area contributed by atoms with Crippen LogP contribution in [0.2, 0.25) is 0 Å². The van der Waals surface area contributed by atoms with Gasteiger partial charge in [0.1, 0.15) is 18.0 Å². The minimum atomic E-state index is 0.438. The first-order valence-electron chi connectivity index (χ1n) is 8.45. The fraction of sp³-hybridized carbons (Fsp3) is 0.250. The van der Waals surface area contributed by atoms with E-state index in [1.54, 1.807) is 18.7 Å². The topological polar surface area (TPSA) is 62.7 Å². The van der Waals surface area contributed by atoms with E-state index in [9.17, 15) is 0 Å². The van der Waals surface area contributed by atoms with Crippen LogP contribution in [0.4, 0.5) is 17.3 Å². The quantitative estimate of drug-likeness (QED) is 0.687. The molecular formula is C20H23N5. The molecule has 5 heteroatoms. The molecule has 0 saturated heterocycles. The first-order valence-corrected chi connectivity index (χ1v) is 8.45. The molecule has 2 N–H and O–H groups in total. The lowest BCUT2D eigenvalue weighted by Gasteiger charge is -2.17. The molecule has 2 heterocycles. The summed E-state index contributed by atoms with van der Waals surface area (Å²) in [6.45, 7) is 7.20. The maximum absolute atomic E-state index is 4.36. The molecule has 0 spiro atoms. The van der Waals surface area contributed by atoms with Gasteiger partial charge in [-0.1, -0.05) is 32.0 Å². The van der Waals surface area contributed by atoms with Crippen LogP contribution in [-0.2, 0) is 6.54 Å². The molecule has 0 unspecified atom stereocenters. The fourth-order valence-corrected chi connectivity index (χ4v) is 2.69. The Balaban J connectivity index is 1.76. The average Bonchev–Trinajstić information content (AvgIpc) is 2.63. The van der Waals surface area contributed by atoms with Crippen molar-refractivity contribution in [1.29, 1.82) is 0 Å². The molecule has 25 heavy (non-hydrogen) atoms. The Kier molecular flexibility index (Phi) is 5.23. The molecule has 0 atom stereocenters. The first kappa shape index (κ1) is 16.9. The third-order valence-electron chi connectivity index (χ3n) is 4.07. The lowest BCUT2D eigenvalue weighted by molar-refractivity contribution is 0.867. The van der Waals surface area contributed by atoms with Crippen molar-refractivity contribution < 1.29 is 0 Å². The first-order chi connectivity index (χ1) is 12.1. The molecule has 1 aromatic carbocycles. The van der Waals surface area contributed by atoms with Gasteiger partial charge in [0.05, 0.1) is 0 Å². The van der Waals surface area contributed by atoms with Crippen LogP contribution in [0.15, 0.2) is 55.1 Å². The second-order valence-electron chi connectivity index (χ2n) is 6.32. The summed E-state index contributed by atoms with van der Waals surface area (Å²) in [7, 11) is 0. The van der Waals surface area contributed by atoms with E-state index in [0.29, 0.717) is 12.5 Å². The summed E-state index contributed by atoms with van der Waals surface area (Å²) in [4.78, 5) is 12.7. The van der Waals surface area contributed by atoms with Gasteiger partial charge in [0.15, 0.2) is 0 Å². The van der Waals surface area contributed by atoms with Crippen LogP contribution in [0.1, 0.15) is 36.5 Å². The minimum Gasteiger partial charge on any atom is -0.366 e. The number of hydrogen-bond donors (Lipinski definition) is 2. The Morgan fingerprint density at radius 1 is 1.00 bits per heavy atom. The van der Waals surface area contributed by atoms with Gasteiger partial charge in [-0.3, -0.25) is 4.98 Å². The van der Waals surface area contributed by atoms with Crippen molar-refractivity contribution in [2.24, 2.45) is 0 Å². The molecule has 0 aliphatic rings. The van der Waals surface area contributed by atoms with Gasteiger partial charge < -0.3 is 10.6 Å². The van der Waals surface area contributed by atoms with E-state index >= 15 is 0 Å². The highest BCUT2D eigenvalue weighted by atomic mass is 15.1. The summed E-state index contributed by atoms with van der Waals surface area (Å²) in [6.07, 6.45) is 5.15. The monoisotopic (exact) mass is 333 g/mol. The van der Waals surface area contributed by atoms with Crippen LogP contribution >= 0.6 is 0 Å². The minimum absolute atomic E-state index is 0.438. The highest BCUT2D eigenvalue weighted by Crippen LogP contribution is 2.29. The maximum atomic E-state index is 4.36. The van der Waals surface area contributed by atoms with Crippen LogP contribution in [-0.4, -0.2) is 15.0 Å². The summed E-state index contributed by atoms with van der Waals surface area (Å²) in [5, 5.41) is 6.78. The van der Waals surface area contributed by atoms with E-state index in [0.717, 1.165) is 22.9 Å². The summed E-state index contributed by atoms with van der Waals surface area (Å²) in [5.74, 6) is 2.01. The summed E-state index contributed by atoms with van der Waals surface area (Å²) < 4.78 is 0. The second kappa shape index (κ2) is 7.75. The fourth-order valence-electron chi connectivity index (χ4n) is 2.69. The Morgan fingerprint density at radius 2 is 1.76 bits per heavy atom. The van der Waals surface area contributed by atoms with E-state index in [-0.39, 0.29) is 0 Å². The van der Waals surface area contributed by atoms with Crippen LogP contribution in [0, 0.1) is 6.92 Å². The van der Waals surface area contributed by atoms with Gasteiger partial charge in [0, 0.05) is 30.7 Å². The third kappa shape index (κ3) is 4.32. The molecule has 0 saturated carbocycles. The number of pyridine rings is 1. The number of para-hydroxylation sites is 1. The molecule has 2 aromatic heterocycles. The number of nitrogens with zero attached hydrogens (tertiary/aromatic N) is 3. The van der Waals surface area contributed by atoms with Crippen molar-refractivity contribution in [1.82, 2.24) is 15.0 Å². The Morgan fingerprint density at radius 3 is 2.52 bits per heavy atom. The average molecular weight is 333 g/mol. The van der Waals surface area contributed by atoms with Crippen molar-refractivity contribution in [2.75, 3.05) is 10.6 Å². The zero-order valence-electron chi connectivity index (χ0n) is 14.8. The van der Waals surface area contributed by atoms with Crippen molar-refractivity contribution in [3.05, 3.63) is 71.8 Å². The molecular weight excluding hydrogens is 310 g/mol. The van der Waals surface area contributed by atoms with Crippen molar-refractivity contribution in [3.63, 3.8) is 0 Å². The van der Waals surface area contributed by atoms with Gasteiger partial charge in [-0.15, -0.1) is 0 Å². The largest absolute Gasteiger partial charge is 0.366 e. The smallest absolute Gasteiger partial charge is 0.135 e. The van der Waals surface area contributed by atoms with Gasteiger partial charge >= 0.3 is 0 Å². The molecule has 0 bridgehead atoms. The molecule has 0 fully saturated rings. The number of rotatable bonds is 6. The van der Waals surface area contributed by atoms with Gasteiger partial charge in [-0.05, 0) is 41.7 Å². The van der Waals surface area contributed by atoms with Crippen molar-refractivity contribution >= 4 is 17.3 Å². The molecule has 0 radical (unpaired) electrons. The number of aromatic nitrogens is 3. The summed E-state index contributed by atoms with van der Waals surface area (Å²) in [6, 6.07) is 12.3. The summed E-state index contributed by atoms with van der Waals surface area (Å²) >= 11 is 0. The zero-order chi connectivity index (χ0) is 17.6. The molecule has 3 aromatic rings. The highest BCUT2D eigenvalue weighted by molar-refractivity contribution is 5.66. The van der Waals surface area contributed by atoms with E-state index in [4.69, 9.17) is 0 Å². The zero-order valence-corrected chi connectivity index (χ0v) is 14.8.